The summed E-state index contributed by atoms with van der Waals surface area (Å²) >= 11 is 3.11. The maximum Gasteiger partial charge on any atom is 0.242 e. The Kier molecular flexibility index (Phi) is 6.08. The van der Waals surface area contributed by atoms with Gasteiger partial charge >= 0.3 is 0 Å². The van der Waals surface area contributed by atoms with Gasteiger partial charge in [-0.1, -0.05) is 11.8 Å². The maximum absolute atomic E-state index is 12.7. The number of carbonyl (C=O) groups is 1. The number of benzene rings is 1. The molecule has 1 aliphatic rings. The number of fused-ring (bicyclic) bond motifs is 3. The summed E-state index contributed by atoms with van der Waals surface area (Å²) in [5, 5.41) is 4.80. The zero-order valence-corrected chi connectivity index (χ0v) is 20.3. The highest BCUT2D eigenvalue weighted by molar-refractivity contribution is 8.00. The first-order valence-corrected chi connectivity index (χ1v) is 13.1. The number of carbonyl (C=O) groups excluding carboxylic acids is 1. The molecular formula is C21H24N4O3S3. The highest BCUT2D eigenvalue weighted by atomic mass is 32.2. The van der Waals surface area contributed by atoms with Crippen LogP contribution in [-0.4, -0.2) is 48.4 Å². The second-order valence-corrected chi connectivity index (χ2v) is 12.0. The van der Waals surface area contributed by atoms with Gasteiger partial charge in [0.2, 0.25) is 15.9 Å². The van der Waals surface area contributed by atoms with Crippen LogP contribution in [0.15, 0.2) is 28.4 Å². The van der Waals surface area contributed by atoms with Crippen LogP contribution in [0.5, 0.6) is 0 Å². The molecule has 0 atom stereocenters. The van der Waals surface area contributed by atoms with Gasteiger partial charge in [0, 0.05) is 30.0 Å². The van der Waals surface area contributed by atoms with Crippen molar-refractivity contribution >= 4 is 54.9 Å². The van der Waals surface area contributed by atoms with E-state index in [1.54, 1.807) is 23.7 Å². The van der Waals surface area contributed by atoms with E-state index in [4.69, 9.17) is 0 Å². The quantitative estimate of drug-likeness (QED) is 0.430. The van der Waals surface area contributed by atoms with Crippen molar-refractivity contribution in [3.8, 4) is 0 Å². The summed E-state index contributed by atoms with van der Waals surface area (Å²) in [5.41, 5.74) is 3.49. The van der Waals surface area contributed by atoms with Gasteiger partial charge in [-0.05, 0) is 61.9 Å². The molecule has 1 amide bonds. The molecule has 0 radical (unpaired) electrons. The Labute approximate surface area is 190 Å². The van der Waals surface area contributed by atoms with Crippen molar-refractivity contribution in [2.75, 3.05) is 25.2 Å². The Morgan fingerprint density at radius 3 is 2.74 bits per heavy atom. The number of thioether (sulfide) groups is 1. The van der Waals surface area contributed by atoms with Gasteiger partial charge in [0.05, 0.1) is 10.6 Å². The van der Waals surface area contributed by atoms with Crippen LogP contribution < -0.4 is 5.32 Å². The number of nitrogens with zero attached hydrogens (tertiary/aromatic N) is 3. The van der Waals surface area contributed by atoms with Crippen LogP contribution in [0, 0.1) is 13.8 Å². The Bertz CT molecular complexity index is 1280. The summed E-state index contributed by atoms with van der Waals surface area (Å²) in [4.78, 5) is 24.1. The molecule has 0 bridgehead atoms. The lowest BCUT2D eigenvalue weighted by molar-refractivity contribution is -0.113. The number of sulfonamides is 1. The first-order chi connectivity index (χ1) is 14.7. The minimum absolute atomic E-state index is 0.162. The number of aromatic nitrogens is 2. The summed E-state index contributed by atoms with van der Waals surface area (Å²) in [7, 11) is -0.614. The second kappa shape index (κ2) is 8.50. The maximum atomic E-state index is 12.7. The molecule has 0 saturated heterocycles. The van der Waals surface area contributed by atoms with Crippen LogP contribution in [0.2, 0.25) is 0 Å². The molecule has 2 aromatic heterocycles. The van der Waals surface area contributed by atoms with E-state index in [-0.39, 0.29) is 16.6 Å². The van der Waals surface area contributed by atoms with E-state index in [9.17, 15) is 13.2 Å². The number of aryl methyl sites for hydroxylation is 3. The summed E-state index contributed by atoms with van der Waals surface area (Å²) in [6.07, 6.45) is 4.83. The van der Waals surface area contributed by atoms with Gasteiger partial charge in [-0.2, -0.15) is 0 Å². The van der Waals surface area contributed by atoms with E-state index < -0.39 is 10.0 Å². The molecular weight excluding hydrogens is 452 g/mol. The molecule has 0 unspecified atom stereocenters. The minimum Gasteiger partial charge on any atom is -0.325 e. The van der Waals surface area contributed by atoms with Crippen molar-refractivity contribution in [1.29, 1.82) is 0 Å². The average molecular weight is 477 g/mol. The molecule has 2 heterocycles. The third kappa shape index (κ3) is 4.21. The monoisotopic (exact) mass is 476 g/mol. The van der Waals surface area contributed by atoms with Crippen molar-refractivity contribution in [2.24, 2.45) is 0 Å². The van der Waals surface area contributed by atoms with Crippen LogP contribution >= 0.6 is 23.1 Å². The predicted molar refractivity (Wildman–Crippen MR) is 126 cm³/mol. The molecule has 3 aromatic rings. The largest absolute Gasteiger partial charge is 0.325 e. The van der Waals surface area contributed by atoms with E-state index >= 15 is 0 Å². The molecule has 0 fully saturated rings. The van der Waals surface area contributed by atoms with Crippen LogP contribution in [0.1, 0.15) is 28.0 Å². The Balaban J connectivity index is 1.54. The molecule has 7 nitrogen and oxygen atoms in total. The van der Waals surface area contributed by atoms with E-state index in [0.29, 0.717) is 5.69 Å². The molecule has 31 heavy (non-hydrogen) atoms. The van der Waals surface area contributed by atoms with Gasteiger partial charge in [0.1, 0.15) is 16.2 Å². The number of amides is 1. The molecule has 0 aliphatic heterocycles. The fourth-order valence-electron chi connectivity index (χ4n) is 3.65. The first kappa shape index (κ1) is 22.2. The Morgan fingerprint density at radius 1 is 1.23 bits per heavy atom. The molecule has 0 saturated carbocycles. The highest BCUT2D eigenvalue weighted by Gasteiger charge is 2.23. The SMILES string of the molecule is Cc1cc(S(=O)(=O)N(C)C)cc(NC(=O)CSc2ncnc3sc4c(c23)CCC4)c1C. The number of nitrogens with one attached hydrogen (secondary N) is 1. The normalized spacial score (nSPS) is 13.7. The highest BCUT2D eigenvalue weighted by Crippen LogP contribution is 2.40. The topological polar surface area (TPSA) is 92.3 Å². The zero-order chi connectivity index (χ0) is 22.3. The van der Waals surface area contributed by atoms with Crippen molar-refractivity contribution < 1.29 is 13.2 Å². The second-order valence-electron chi connectivity index (χ2n) is 7.75. The standard InChI is InChI=1S/C21H24N4O3S3/c1-12-8-14(31(27,28)25(3)4)9-16(13(12)2)24-18(26)10-29-20-19-15-6-5-7-17(15)30-21(19)23-11-22-20/h8-9,11H,5-7,10H2,1-4H3,(H,24,26). The first-order valence-electron chi connectivity index (χ1n) is 9.90. The number of hydrogen-bond donors (Lipinski definition) is 1. The van der Waals surface area contributed by atoms with Crippen molar-refractivity contribution in [3.05, 3.63) is 40.0 Å². The summed E-state index contributed by atoms with van der Waals surface area (Å²) in [5.74, 6) is -0.0228. The number of thiophene rings is 1. The third-order valence-electron chi connectivity index (χ3n) is 5.50. The lowest BCUT2D eigenvalue weighted by Gasteiger charge is -2.16. The van der Waals surface area contributed by atoms with Gasteiger partial charge < -0.3 is 5.32 Å². The van der Waals surface area contributed by atoms with Crippen LogP contribution in [0.25, 0.3) is 10.2 Å². The number of hydrogen-bond acceptors (Lipinski definition) is 7. The lowest BCUT2D eigenvalue weighted by atomic mass is 10.1. The molecule has 0 spiro atoms. The van der Waals surface area contributed by atoms with Crippen molar-refractivity contribution in [2.45, 2.75) is 43.0 Å². The van der Waals surface area contributed by atoms with E-state index in [1.165, 1.54) is 42.4 Å². The van der Waals surface area contributed by atoms with Gasteiger partial charge in [-0.25, -0.2) is 22.7 Å². The van der Waals surface area contributed by atoms with Crippen LogP contribution in [0.3, 0.4) is 0 Å². The van der Waals surface area contributed by atoms with E-state index in [0.717, 1.165) is 49.9 Å². The fraction of sp³-hybridized carbons (Fsp3) is 0.381. The molecule has 4 rings (SSSR count). The Morgan fingerprint density at radius 2 is 2.00 bits per heavy atom. The zero-order valence-electron chi connectivity index (χ0n) is 17.9. The lowest BCUT2D eigenvalue weighted by Crippen LogP contribution is -2.23. The molecule has 1 aromatic carbocycles. The smallest absolute Gasteiger partial charge is 0.242 e. The number of anilines is 1. The number of rotatable bonds is 6. The summed E-state index contributed by atoms with van der Waals surface area (Å²) in [6.45, 7) is 3.70. The van der Waals surface area contributed by atoms with Gasteiger partial charge in [-0.15, -0.1) is 11.3 Å². The van der Waals surface area contributed by atoms with Crippen LogP contribution in [-0.2, 0) is 27.7 Å². The van der Waals surface area contributed by atoms with Crippen LogP contribution in [0.4, 0.5) is 5.69 Å². The van der Waals surface area contributed by atoms with Crippen molar-refractivity contribution in [1.82, 2.24) is 14.3 Å². The van der Waals surface area contributed by atoms with Gasteiger partial charge in [0.25, 0.3) is 0 Å². The predicted octanol–water partition coefficient (Wildman–Crippen LogP) is 3.78. The molecule has 10 heteroatoms. The fourth-order valence-corrected chi connectivity index (χ4v) is 6.78. The third-order valence-corrected chi connectivity index (χ3v) is 9.48. The van der Waals surface area contributed by atoms with Gasteiger partial charge in [0.15, 0.2) is 0 Å². The minimum atomic E-state index is -3.59. The molecule has 164 valence electrons. The van der Waals surface area contributed by atoms with Gasteiger partial charge in [-0.3, -0.25) is 4.79 Å². The average Bonchev–Trinajstić information content (AvgIpc) is 3.30. The van der Waals surface area contributed by atoms with E-state index in [1.807, 2.05) is 13.8 Å². The summed E-state index contributed by atoms with van der Waals surface area (Å²) < 4.78 is 26.2. The summed E-state index contributed by atoms with van der Waals surface area (Å²) in [6, 6.07) is 3.15. The molecule has 1 N–H and O–H groups in total. The molecule has 1 aliphatic carbocycles. The Hall–Kier alpha value is -2.01. The van der Waals surface area contributed by atoms with E-state index in [2.05, 4.69) is 15.3 Å². The van der Waals surface area contributed by atoms with Crippen molar-refractivity contribution in [3.63, 3.8) is 0 Å².